The Kier molecular flexibility index (Phi) is 5.57. The SMILES string of the molecule is Cc1cc(CN(C)C(=O)NC[C@@H](c2ccsc2)N(C)C)no1. The first-order chi connectivity index (χ1) is 10.5. The number of hydrogen-bond donors (Lipinski definition) is 1. The van der Waals surface area contributed by atoms with Crippen molar-refractivity contribution in [2.75, 3.05) is 27.7 Å². The van der Waals surface area contributed by atoms with Crippen LogP contribution >= 0.6 is 11.3 Å². The molecule has 0 aliphatic heterocycles. The minimum absolute atomic E-state index is 0.122. The van der Waals surface area contributed by atoms with E-state index in [2.05, 4.69) is 26.8 Å². The minimum atomic E-state index is -0.122. The first-order valence-electron chi connectivity index (χ1n) is 7.07. The summed E-state index contributed by atoms with van der Waals surface area (Å²) in [6, 6.07) is 3.96. The summed E-state index contributed by atoms with van der Waals surface area (Å²) in [6.45, 7) is 2.82. The summed E-state index contributed by atoms with van der Waals surface area (Å²) in [5.74, 6) is 0.744. The van der Waals surface area contributed by atoms with E-state index in [9.17, 15) is 4.79 Å². The summed E-state index contributed by atoms with van der Waals surface area (Å²) >= 11 is 1.66. The van der Waals surface area contributed by atoms with E-state index in [1.807, 2.05) is 32.5 Å². The van der Waals surface area contributed by atoms with Crippen molar-refractivity contribution < 1.29 is 9.32 Å². The summed E-state index contributed by atoms with van der Waals surface area (Å²) in [5.41, 5.74) is 1.96. The van der Waals surface area contributed by atoms with Gasteiger partial charge in [0.25, 0.3) is 0 Å². The maximum Gasteiger partial charge on any atom is 0.317 e. The highest BCUT2D eigenvalue weighted by molar-refractivity contribution is 7.07. The number of aromatic nitrogens is 1. The van der Waals surface area contributed by atoms with Gasteiger partial charge in [-0.05, 0) is 43.4 Å². The van der Waals surface area contributed by atoms with Crippen molar-refractivity contribution in [2.24, 2.45) is 0 Å². The second kappa shape index (κ2) is 7.42. The van der Waals surface area contributed by atoms with Gasteiger partial charge in [-0.3, -0.25) is 0 Å². The van der Waals surface area contributed by atoms with Crippen molar-refractivity contribution in [2.45, 2.75) is 19.5 Å². The molecule has 0 saturated heterocycles. The van der Waals surface area contributed by atoms with E-state index in [0.717, 1.165) is 11.5 Å². The molecule has 0 unspecified atom stereocenters. The monoisotopic (exact) mass is 322 g/mol. The summed E-state index contributed by atoms with van der Waals surface area (Å²) < 4.78 is 5.01. The van der Waals surface area contributed by atoms with Gasteiger partial charge in [0.2, 0.25) is 0 Å². The number of aryl methyl sites for hydroxylation is 1. The van der Waals surface area contributed by atoms with Crippen LogP contribution in [0.3, 0.4) is 0 Å². The van der Waals surface area contributed by atoms with Gasteiger partial charge in [-0.2, -0.15) is 11.3 Å². The first-order valence-corrected chi connectivity index (χ1v) is 8.01. The molecule has 7 heteroatoms. The Hall–Kier alpha value is -1.86. The Balaban J connectivity index is 1.88. The van der Waals surface area contributed by atoms with Gasteiger partial charge >= 0.3 is 6.03 Å². The van der Waals surface area contributed by atoms with E-state index >= 15 is 0 Å². The van der Waals surface area contributed by atoms with E-state index in [1.165, 1.54) is 5.56 Å². The fourth-order valence-electron chi connectivity index (χ4n) is 2.19. The fourth-order valence-corrected chi connectivity index (χ4v) is 2.90. The molecular weight excluding hydrogens is 300 g/mol. The van der Waals surface area contributed by atoms with Crippen molar-refractivity contribution in [3.63, 3.8) is 0 Å². The lowest BCUT2D eigenvalue weighted by Crippen LogP contribution is -2.41. The van der Waals surface area contributed by atoms with Crippen LogP contribution < -0.4 is 5.32 Å². The van der Waals surface area contributed by atoms with Gasteiger partial charge in [0.15, 0.2) is 0 Å². The van der Waals surface area contributed by atoms with E-state index in [4.69, 9.17) is 4.52 Å². The minimum Gasteiger partial charge on any atom is -0.361 e. The van der Waals surface area contributed by atoms with Crippen molar-refractivity contribution in [1.29, 1.82) is 0 Å². The van der Waals surface area contributed by atoms with Crippen LogP contribution in [0.5, 0.6) is 0 Å². The Labute approximate surface area is 134 Å². The molecule has 6 nitrogen and oxygen atoms in total. The average Bonchev–Trinajstić information content (AvgIpc) is 3.10. The Morgan fingerprint density at radius 1 is 1.45 bits per heavy atom. The van der Waals surface area contributed by atoms with Crippen molar-refractivity contribution >= 4 is 17.4 Å². The number of rotatable bonds is 6. The van der Waals surface area contributed by atoms with Gasteiger partial charge in [-0.15, -0.1) is 0 Å². The molecule has 0 aliphatic carbocycles. The molecule has 0 fully saturated rings. The van der Waals surface area contributed by atoms with Gasteiger partial charge in [0, 0.05) is 19.7 Å². The van der Waals surface area contributed by atoms with Crippen molar-refractivity contribution in [3.05, 3.63) is 39.9 Å². The molecule has 0 aromatic carbocycles. The molecule has 22 heavy (non-hydrogen) atoms. The molecule has 2 aromatic rings. The summed E-state index contributed by atoms with van der Waals surface area (Å²) in [5, 5.41) is 11.0. The van der Waals surface area contributed by atoms with E-state index in [0.29, 0.717) is 13.1 Å². The highest BCUT2D eigenvalue weighted by atomic mass is 32.1. The normalized spacial score (nSPS) is 12.4. The van der Waals surface area contributed by atoms with Crippen LogP contribution in [0.15, 0.2) is 27.4 Å². The maximum absolute atomic E-state index is 12.2. The number of carbonyl (C=O) groups is 1. The topological polar surface area (TPSA) is 61.6 Å². The molecule has 0 radical (unpaired) electrons. The third-order valence-electron chi connectivity index (χ3n) is 3.42. The highest BCUT2D eigenvalue weighted by Gasteiger charge is 2.17. The molecule has 1 atom stereocenters. The zero-order chi connectivity index (χ0) is 16.1. The lowest BCUT2D eigenvalue weighted by atomic mass is 10.1. The van der Waals surface area contributed by atoms with Crippen LogP contribution in [-0.2, 0) is 6.54 Å². The molecule has 1 N–H and O–H groups in total. The molecule has 2 amide bonds. The lowest BCUT2D eigenvalue weighted by molar-refractivity contribution is 0.199. The predicted molar refractivity (Wildman–Crippen MR) is 86.9 cm³/mol. The second-order valence-corrected chi connectivity index (χ2v) is 6.29. The zero-order valence-electron chi connectivity index (χ0n) is 13.4. The predicted octanol–water partition coefficient (Wildman–Crippen LogP) is 2.49. The second-order valence-electron chi connectivity index (χ2n) is 5.51. The Bertz CT molecular complexity index is 594. The van der Waals surface area contributed by atoms with Gasteiger partial charge in [0.05, 0.1) is 12.6 Å². The summed E-state index contributed by atoms with van der Waals surface area (Å²) in [7, 11) is 5.77. The Morgan fingerprint density at radius 2 is 2.23 bits per heavy atom. The first kappa shape index (κ1) is 16.5. The lowest BCUT2D eigenvalue weighted by Gasteiger charge is -2.25. The number of thiophene rings is 1. The van der Waals surface area contributed by atoms with Crippen LogP contribution in [0, 0.1) is 6.92 Å². The number of nitrogens with one attached hydrogen (secondary N) is 1. The standard InChI is InChI=1S/C15H22N4O2S/c1-11-7-13(17-21-11)9-19(4)15(20)16-8-14(18(2)3)12-5-6-22-10-12/h5-7,10,14H,8-9H2,1-4H3,(H,16,20)/t14-/m0/s1. The molecule has 0 spiro atoms. The molecule has 0 bridgehead atoms. The number of nitrogens with zero attached hydrogens (tertiary/aromatic N) is 3. The third-order valence-corrected chi connectivity index (χ3v) is 4.12. The van der Waals surface area contributed by atoms with Gasteiger partial charge in [0.1, 0.15) is 11.5 Å². The molecule has 2 rings (SSSR count). The van der Waals surface area contributed by atoms with Crippen molar-refractivity contribution in [1.82, 2.24) is 20.3 Å². The number of urea groups is 1. The van der Waals surface area contributed by atoms with Crippen LogP contribution in [-0.4, -0.2) is 48.7 Å². The third kappa shape index (κ3) is 4.32. The summed E-state index contributed by atoms with van der Waals surface area (Å²) in [4.78, 5) is 15.9. The van der Waals surface area contributed by atoms with Crippen LogP contribution in [0.4, 0.5) is 4.79 Å². The number of hydrogen-bond acceptors (Lipinski definition) is 5. The molecule has 2 aromatic heterocycles. The molecule has 2 heterocycles. The van der Waals surface area contributed by atoms with Crippen LogP contribution in [0.1, 0.15) is 23.1 Å². The molecule has 0 aliphatic rings. The quantitative estimate of drug-likeness (QED) is 0.887. The number of carbonyl (C=O) groups excluding carboxylic acids is 1. The van der Waals surface area contributed by atoms with Gasteiger partial charge < -0.3 is 19.6 Å². The molecule has 120 valence electrons. The highest BCUT2D eigenvalue weighted by Crippen LogP contribution is 2.20. The zero-order valence-corrected chi connectivity index (χ0v) is 14.2. The van der Waals surface area contributed by atoms with Crippen LogP contribution in [0.25, 0.3) is 0 Å². The fraction of sp³-hybridized carbons (Fsp3) is 0.467. The van der Waals surface area contributed by atoms with Crippen molar-refractivity contribution in [3.8, 4) is 0 Å². The number of likely N-dealkylation sites (N-methyl/N-ethyl adjacent to an activating group) is 1. The smallest absolute Gasteiger partial charge is 0.317 e. The summed E-state index contributed by atoms with van der Waals surface area (Å²) in [6.07, 6.45) is 0. The number of amides is 2. The van der Waals surface area contributed by atoms with Crippen LogP contribution in [0.2, 0.25) is 0 Å². The largest absolute Gasteiger partial charge is 0.361 e. The van der Waals surface area contributed by atoms with E-state index < -0.39 is 0 Å². The van der Waals surface area contributed by atoms with E-state index in [-0.39, 0.29) is 12.1 Å². The van der Waals surface area contributed by atoms with Gasteiger partial charge in [-0.25, -0.2) is 4.79 Å². The Morgan fingerprint density at radius 3 is 2.77 bits per heavy atom. The average molecular weight is 322 g/mol. The molecule has 0 saturated carbocycles. The maximum atomic E-state index is 12.2. The van der Waals surface area contributed by atoms with E-state index in [1.54, 1.807) is 23.3 Å². The van der Waals surface area contributed by atoms with Gasteiger partial charge in [-0.1, -0.05) is 5.16 Å². The molecular formula is C15H22N4O2S.